The van der Waals surface area contributed by atoms with Crippen molar-refractivity contribution in [3.05, 3.63) is 258 Å². The summed E-state index contributed by atoms with van der Waals surface area (Å²) >= 11 is 0. The summed E-state index contributed by atoms with van der Waals surface area (Å²) in [5, 5.41) is 8.67. The lowest BCUT2D eigenvalue weighted by atomic mass is 9.67. The smallest absolute Gasteiger partial charge is 0.190 e. The molecule has 2 unspecified atom stereocenters. The number of para-hydroxylation sites is 3. The highest BCUT2D eigenvalue weighted by Crippen LogP contribution is 2.56. The van der Waals surface area contributed by atoms with Gasteiger partial charge in [0.15, 0.2) is 5.79 Å². The summed E-state index contributed by atoms with van der Waals surface area (Å²) in [6.07, 6.45) is 2.00. The number of hydrogen-bond acceptors (Lipinski definition) is 3. The van der Waals surface area contributed by atoms with Crippen LogP contribution in [0.15, 0.2) is 229 Å². The lowest BCUT2D eigenvalue weighted by molar-refractivity contribution is 0.182. The molecule has 312 valence electrons. The molecular weight excluding hydrogens is 791 g/mol. The summed E-state index contributed by atoms with van der Waals surface area (Å²) in [7, 11) is 0. The molecule has 0 amide bonds. The molecule has 11 aromatic rings. The summed E-state index contributed by atoms with van der Waals surface area (Å²) in [6.45, 7) is 4.19. The van der Waals surface area contributed by atoms with Crippen LogP contribution in [0, 0.1) is 0 Å². The number of nitrogens with two attached hydrogens (primary N) is 1. The second kappa shape index (κ2) is 14.9. The minimum atomic E-state index is -1.10. The Balaban J connectivity index is 1.09. The maximum Gasteiger partial charge on any atom is 0.190 e. The third kappa shape index (κ3) is 5.97. The van der Waals surface area contributed by atoms with Crippen LogP contribution in [-0.4, -0.2) is 15.3 Å². The van der Waals surface area contributed by atoms with Crippen LogP contribution >= 0.6 is 0 Å². The van der Waals surface area contributed by atoms with Gasteiger partial charge < -0.3 is 14.9 Å². The van der Waals surface area contributed by atoms with Crippen LogP contribution in [0.5, 0.6) is 0 Å². The molecule has 12 rings (SSSR count). The lowest BCUT2D eigenvalue weighted by Gasteiger charge is -2.39. The van der Waals surface area contributed by atoms with Gasteiger partial charge in [-0.25, -0.2) is 4.99 Å². The Hall–Kier alpha value is -7.83. The van der Waals surface area contributed by atoms with Gasteiger partial charge in [0.25, 0.3) is 0 Å². The fourth-order valence-corrected chi connectivity index (χ4v) is 11.0. The predicted octanol–water partition coefficient (Wildman–Crippen LogP) is 13.4. The van der Waals surface area contributed by atoms with Crippen LogP contribution in [0.3, 0.4) is 0 Å². The monoisotopic (exact) mass is 837 g/mol. The van der Waals surface area contributed by atoms with Crippen molar-refractivity contribution in [2.45, 2.75) is 30.7 Å². The number of benzene rings is 9. The Morgan fingerprint density at radius 2 is 1.00 bits per heavy atom. The highest BCUT2D eigenvalue weighted by Gasteiger charge is 2.46. The van der Waals surface area contributed by atoms with Gasteiger partial charge in [0, 0.05) is 33.4 Å². The molecule has 2 heterocycles. The normalized spacial score (nSPS) is 15.1. The van der Waals surface area contributed by atoms with Crippen LogP contribution in [0.25, 0.3) is 60.4 Å². The zero-order valence-electron chi connectivity index (χ0n) is 36.4. The molecule has 3 N–H and O–H groups in total. The Kier molecular flexibility index (Phi) is 8.89. The zero-order chi connectivity index (χ0) is 43.8. The highest BCUT2D eigenvalue weighted by molar-refractivity contribution is 6.10. The van der Waals surface area contributed by atoms with E-state index in [4.69, 9.17) is 10.7 Å². The third-order valence-electron chi connectivity index (χ3n) is 13.7. The van der Waals surface area contributed by atoms with Crippen molar-refractivity contribution in [2.75, 3.05) is 0 Å². The minimum Gasteiger partial charge on any atom is -0.310 e. The van der Waals surface area contributed by atoms with Gasteiger partial charge in [0.1, 0.15) is 0 Å². The van der Waals surface area contributed by atoms with Gasteiger partial charge >= 0.3 is 0 Å². The van der Waals surface area contributed by atoms with Gasteiger partial charge in [0.05, 0.1) is 33.1 Å². The van der Waals surface area contributed by atoms with Crippen molar-refractivity contribution in [3.63, 3.8) is 0 Å². The second-order valence-corrected chi connectivity index (χ2v) is 17.7. The van der Waals surface area contributed by atoms with Gasteiger partial charge in [-0.05, 0) is 94.8 Å². The first kappa shape index (κ1) is 38.8. The molecule has 65 heavy (non-hydrogen) atoms. The Labute approximate surface area is 378 Å². The molecule has 1 aliphatic carbocycles. The summed E-state index contributed by atoms with van der Waals surface area (Å²) in [5.41, 5.74) is 20.8. The van der Waals surface area contributed by atoms with Gasteiger partial charge in [-0.3, -0.25) is 5.32 Å². The van der Waals surface area contributed by atoms with E-state index in [-0.39, 0.29) is 0 Å². The Bertz CT molecular complexity index is 3530. The maximum absolute atomic E-state index is 7.41. The van der Waals surface area contributed by atoms with Crippen molar-refractivity contribution >= 4 is 49.8 Å². The molecule has 2 atom stereocenters. The minimum absolute atomic E-state index is 0.573. The van der Waals surface area contributed by atoms with E-state index in [1.54, 1.807) is 0 Å². The fourth-order valence-electron chi connectivity index (χ4n) is 11.0. The van der Waals surface area contributed by atoms with Gasteiger partial charge in [-0.2, -0.15) is 0 Å². The Morgan fingerprint density at radius 1 is 0.477 bits per heavy atom. The number of hydrogen-bond donors (Lipinski definition) is 2. The number of fused-ring (bicyclic) bond motifs is 9. The summed E-state index contributed by atoms with van der Waals surface area (Å²) < 4.78 is 4.72. The van der Waals surface area contributed by atoms with Crippen LogP contribution in [-0.2, 0) is 16.9 Å². The number of rotatable bonds is 9. The molecular formula is C60H47N5. The molecule has 2 aromatic heterocycles. The SMILES string of the molecule is CC(N)(NC(C)(/N=C/c1cccc(-n2c3ccccc3c3ccccc32)c1)n1c2ccccc2c2ccc(C3(c4ccccc4)c4ccccc4-c4ccccc43)cc21)c1ccccc1. The van der Waals surface area contributed by atoms with Crippen molar-refractivity contribution < 1.29 is 0 Å². The van der Waals surface area contributed by atoms with E-state index in [1.807, 2.05) is 31.3 Å². The molecule has 0 bridgehead atoms. The summed E-state index contributed by atoms with van der Waals surface area (Å²) in [4.78, 5) is 5.64. The largest absolute Gasteiger partial charge is 0.310 e. The van der Waals surface area contributed by atoms with E-state index >= 15 is 0 Å². The van der Waals surface area contributed by atoms with Gasteiger partial charge in [0.2, 0.25) is 0 Å². The van der Waals surface area contributed by atoms with E-state index in [0.717, 1.165) is 49.7 Å². The topological polar surface area (TPSA) is 60.3 Å². The number of aromatic nitrogens is 2. The average molecular weight is 838 g/mol. The van der Waals surface area contributed by atoms with Crippen LogP contribution in [0.4, 0.5) is 0 Å². The van der Waals surface area contributed by atoms with Crippen LogP contribution < -0.4 is 11.1 Å². The predicted molar refractivity (Wildman–Crippen MR) is 270 cm³/mol. The Morgan fingerprint density at radius 3 is 1.65 bits per heavy atom. The number of nitrogens with zero attached hydrogens (tertiary/aromatic N) is 3. The van der Waals surface area contributed by atoms with E-state index in [9.17, 15) is 0 Å². The molecule has 0 saturated carbocycles. The molecule has 5 nitrogen and oxygen atoms in total. The fraction of sp³-hybridized carbons (Fsp3) is 0.0833. The summed E-state index contributed by atoms with van der Waals surface area (Å²) in [5.74, 6) is -1.10. The van der Waals surface area contributed by atoms with Crippen molar-refractivity contribution in [1.82, 2.24) is 14.5 Å². The molecule has 9 aromatic carbocycles. The van der Waals surface area contributed by atoms with E-state index in [1.165, 1.54) is 44.2 Å². The molecule has 1 aliphatic rings. The van der Waals surface area contributed by atoms with Gasteiger partial charge in [-0.15, -0.1) is 0 Å². The number of aliphatic imine (C=N–C) groups is 1. The maximum atomic E-state index is 7.41. The first-order valence-electron chi connectivity index (χ1n) is 22.4. The molecule has 5 heteroatoms. The van der Waals surface area contributed by atoms with Crippen molar-refractivity contribution in [3.8, 4) is 16.8 Å². The summed E-state index contributed by atoms with van der Waals surface area (Å²) in [6, 6.07) is 80.7. The lowest BCUT2D eigenvalue weighted by Crippen LogP contribution is -2.58. The first-order valence-corrected chi connectivity index (χ1v) is 22.4. The third-order valence-corrected chi connectivity index (χ3v) is 13.7. The van der Waals surface area contributed by atoms with E-state index in [0.29, 0.717) is 0 Å². The highest BCUT2D eigenvalue weighted by atomic mass is 15.4. The molecule has 0 aliphatic heterocycles. The van der Waals surface area contributed by atoms with Gasteiger partial charge in [-0.1, -0.05) is 188 Å². The standard InChI is InChI=1S/C60H47N5/c1-58(61,42-21-5-3-6-22-42)63-59(2,62-40-41-20-19-25-45(38-41)64-54-33-16-11-28-48(54)49-29-12-17-34-55(49)64)65-56-35-18-13-30-50(56)51-37-36-44(39-57(51)65)60(43-23-7-4-8-24-43)52-31-14-9-26-46(52)47-27-10-15-32-53(47)60/h3-40,63H,61H2,1-2H3/b62-40+. The van der Waals surface area contributed by atoms with Crippen LogP contribution in [0.2, 0.25) is 0 Å². The van der Waals surface area contributed by atoms with E-state index in [2.05, 4.69) is 228 Å². The molecule has 0 radical (unpaired) electrons. The van der Waals surface area contributed by atoms with Crippen LogP contribution in [0.1, 0.15) is 47.2 Å². The van der Waals surface area contributed by atoms with Crippen molar-refractivity contribution in [2.24, 2.45) is 10.7 Å². The van der Waals surface area contributed by atoms with Crippen molar-refractivity contribution in [1.29, 1.82) is 0 Å². The quantitative estimate of drug-likeness (QED) is 0.112. The van der Waals surface area contributed by atoms with E-state index < -0.39 is 16.9 Å². The number of nitrogens with one attached hydrogen (secondary N) is 1. The molecule has 0 fully saturated rings. The average Bonchev–Trinajstić information content (AvgIpc) is 3.98. The first-order chi connectivity index (χ1) is 31.8. The zero-order valence-corrected chi connectivity index (χ0v) is 36.4. The molecule has 0 saturated heterocycles. The second-order valence-electron chi connectivity index (χ2n) is 17.7. The molecule has 0 spiro atoms.